The van der Waals surface area contributed by atoms with Crippen LogP contribution in [0, 0.1) is 0 Å². The molecule has 0 heterocycles. The smallest absolute Gasteiger partial charge is 0.242 e. The van der Waals surface area contributed by atoms with Gasteiger partial charge in [0.25, 0.3) is 0 Å². The number of hydrogen-bond acceptors (Lipinski definition) is 4. The minimum Gasteiger partial charge on any atom is -0.383 e. The number of hydrogen-bond donors (Lipinski definition) is 2. The van der Waals surface area contributed by atoms with Crippen molar-refractivity contribution in [1.82, 2.24) is 4.72 Å². The lowest BCUT2D eigenvalue weighted by Gasteiger charge is -2.40. The van der Waals surface area contributed by atoms with Gasteiger partial charge in [-0.1, -0.05) is 25.5 Å². The molecule has 1 aromatic rings. The lowest BCUT2D eigenvalue weighted by molar-refractivity contribution is 0.379. The fraction of sp³-hybridized carbons (Fsp3) is 0.600. The molecule has 0 bridgehead atoms. The van der Waals surface area contributed by atoms with Crippen LogP contribution < -0.4 is 10.0 Å². The van der Waals surface area contributed by atoms with E-state index in [-0.39, 0.29) is 4.75 Å². The molecule has 21 heavy (non-hydrogen) atoms. The summed E-state index contributed by atoms with van der Waals surface area (Å²) < 4.78 is 27.6. The van der Waals surface area contributed by atoms with Gasteiger partial charge in [0.15, 0.2) is 0 Å². The first-order valence-corrected chi connectivity index (χ1v) is 10.1. The van der Waals surface area contributed by atoms with E-state index in [2.05, 4.69) is 16.3 Å². The highest BCUT2D eigenvalue weighted by Gasteiger charge is 2.36. The molecule has 1 aromatic carbocycles. The van der Waals surface area contributed by atoms with Gasteiger partial charge < -0.3 is 5.32 Å². The Bertz CT molecular complexity index is 563. The van der Waals surface area contributed by atoms with Crippen molar-refractivity contribution in [2.45, 2.75) is 42.2 Å². The van der Waals surface area contributed by atoms with Crippen molar-refractivity contribution >= 4 is 27.5 Å². The van der Waals surface area contributed by atoms with Crippen LogP contribution in [0.1, 0.15) is 32.6 Å². The molecule has 6 heteroatoms. The molecule has 4 nitrogen and oxygen atoms in total. The Morgan fingerprint density at radius 2 is 2.00 bits per heavy atom. The minimum atomic E-state index is -3.44. The van der Waals surface area contributed by atoms with E-state index in [0.717, 1.165) is 13.0 Å². The highest BCUT2D eigenvalue weighted by Crippen LogP contribution is 2.43. The van der Waals surface area contributed by atoms with Gasteiger partial charge in [0.1, 0.15) is 4.90 Å². The van der Waals surface area contributed by atoms with Gasteiger partial charge in [0.2, 0.25) is 10.0 Å². The summed E-state index contributed by atoms with van der Waals surface area (Å²) >= 11 is 1.88. The quantitative estimate of drug-likeness (QED) is 0.770. The Balaban J connectivity index is 2.13. The molecule has 0 spiro atoms. The first-order valence-electron chi connectivity index (χ1n) is 7.41. The van der Waals surface area contributed by atoms with E-state index >= 15 is 0 Å². The zero-order chi connectivity index (χ0) is 15.3. The molecular weight excluding hydrogens is 304 g/mol. The van der Waals surface area contributed by atoms with Crippen LogP contribution in [0.15, 0.2) is 29.2 Å². The first-order chi connectivity index (χ1) is 10.0. The molecule has 2 N–H and O–H groups in total. The average molecular weight is 329 g/mol. The highest BCUT2D eigenvalue weighted by molar-refractivity contribution is 8.00. The van der Waals surface area contributed by atoms with Gasteiger partial charge in [-0.3, -0.25) is 0 Å². The second-order valence-electron chi connectivity index (χ2n) is 5.49. The van der Waals surface area contributed by atoms with E-state index < -0.39 is 10.0 Å². The summed E-state index contributed by atoms with van der Waals surface area (Å²) in [7, 11) is -3.44. The molecule has 0 aliphatic heterocycles. The van der Waals surface area contributed by atoms with Gasteiger partial charge in [-0.05, 0) is 37.7 Å². The maximum Gasteiger partial charge on any atom is 0.242 e. The Hall–Kier alpha value is -0.720. The summed E-state index contributed by atoms with van der Waals surface area (Å²) in [5, 5.41) is 3.35. The van der Waals surface area contributed by atoms with Crippen molar-refractivity contribution in [2.75, 3.05) is 24.7 Å². The fourth-order valence-corrected chi connectivity index (χ4v) is 4.67. The minimum absolute atomic E-state index is 0.272. The molecule has 0 radical (unpaired) electrons. The number of rotatable bonds is 8. The number of para-hydroxylation sites is 1. The maximum absolute atomic E-state index is 12.3. The number of sulfonamides is 1. The SMILES string of the molecule is CCCNS(=O)(=O)c1ccccc1NCC1(SC)CCC1. The monoisotopic (exact) mass is 328 g/mol. The van der Waals surface area contributed by atoms with Crippen molar-refractivity contribution in [1.29, 1.82) is 0 Å². The van der Waals surface area contributed by atoms with E-state index in [9.17, 15) is 8.42 Å². The molecule has 1 fully saturated rings. The summed E-state index contributed by atoms with van der Waals surface area (Å²) in [6, 6.07) is 7.13. The molecule has 2 rings (SSSR count). The summed E-state index contributed by atoms with van der Waals surface area (Å²) in [6.45, 7) is 3.23. The van der Waals surface area contributed by atoms with E-state index in [4.69, 9.17) is 0 Å². The molecule has 1 aliphatic carbocycles. The molecule has 0 saturated heterocycles. The first kappa shape index (κ1) is 16.6. The summed E-state index contributed by atoms with van der Waals surface area (Å²) in [4.78, 5) is 0.342. The standard InChI is InChI=1S/C15H24N2O2S2/c1-3-11-17-21(18,19)14-8-5-4-7-13(14)16-12-15(20-2)9-6-10-15/h4-5,7-8,16-17H,3,6,9-12H2,1-2H3. The number of nitrogens with one attached hydrogen (secondary N) is 2. The summed E-state index contributed by atoms with van der Waals surface area (Å²) in [6.07, 6.45) is 6.57. The second kappa shape index (κ2) is 7.03. The van der Waals surface area contributed by atoms with E-state index in [0.29, 0.717) is 17.1 Å². The van der Waals surface area contributed by atoms with Crippen LogP contribution in [0.4, 0.5) is 5.69 Å². The van der Waals surface area contributed by atoms with Gasteiger partial charge in [-0.15, -0.1) is 0 Å². The Morgan fingerprint density at radius 3 is 2.57 bits per heavy atom. The molecule has 0 aromatic heterocycles. The molecule has 1 saturated carbocycles. The van der Waals surface area contributed by atoms with E-state index in [1.54, 1.807) is 12.1 Å². The van der Waals surface area contributed by atoms with Crippen LogP contribution >= 0.6 is 11.8 Å². The van der Waals surface area contributed by atoms with Crippen molar-refractivity contribution in [3.05, 3.63) is 24.3 Å². The van der Waals surface area contributed by atoms with Gasteiger partial charge in [-0.25, -0.2) is 13.1 Å². The summed E-state index contributed by atoms with van der Waals surface area (Å²) in [5.41, 5.74) is 0.696. The van der Waals surface area contributed by atoms with Crippen LogP contribution in [0.5, 0.6) is 0 Å². The largest absolute Gasteiger partial charge is 0.383 e. The van der Waals surface area contributed by atoms with Crippen LogP contribution in [0.3, 0.4) is 0 Å². The molecule has 0 amide bonds. The lowest BCUT2D eigenvalue weighted by Crippen LogP contribution is -2.40. The maximum atomic E-state index is 12.3. The predicted molar refractivity (Wildman–Crippen MR) is 90.5 cm³/mol. The third-order valence-corrected chi connectivity index (χ3v) is 6.96. The molecule has 0 atom stereocenters. The second-order valence-corrected chi connectivity index (χ2v) is 8.50. The van der Waals surface area contributed by atoms with E-state index in [1.165, 1.54) is 19.3 Å². The number of thioether (sulfide) groups is 1. The van der Waals surface area contributed by atoms with Gasteiger partial charge in [-0.2, -0.15) is 11.8 Å². The zero-order valence-electron chi connectivity index (χ0n) is 12.7. The predicted octanol–water partition coefficient (Wildman–Crippen LogP) is 3.07. The third-order valence-electron chi connectivity index (χ3n) is 4.02. The van der Waals surface area contributed by atoms with Crippen LogP contribution in [-0.4, -0.2) is 32.5 Å². The van der Waals surface area contributed by atoms with Crippen LogP contribution in [-0.2, 0) is 10.0 Å². The Kier molecular flexibility index (Phi) is 5.57. The van der Waals surface area contributed by atoms with Gasteiger partial charge in [0, 0.05) is 17.8 Å². The molecule has 0 unspecified atom stereocenters. The van der Waals surface area contributed by atoms with E-state index in [1.807, 2.05) is 30.8 Å². The topological polar surface area (TPSA) is 58.2 Å². The van der Waals surface area contributed by atoms with Crippen molar-refractivity contribution in [3.8, 4) is 0 Å². The third kappa shape index (κ3) is 3.93. The van der Waals surface area contributed by atoms with Crippen LogP contribution in [0.25, 0.3) is 0 Å². The normalized spacial score (nSPS) is 17.2. The van der Waals surface area contributed by atoms with Crippen LogP contribution in [0.2, 0.25) is 0 Å². The lowest BCUT2D eigenvalue weighted by atomic mass is 9.84. The molecular formula is C15H24N2O2S2. The van der Waals surface area contributed by atoms with Crippen molar-refractivity contribution in [2.24, 2.45) is 0 Å². The van der Waals surface area contributed by atoms with Gasteiger partial charge in [0.05, 0.1) is 5.69 Å². The molecule has 1 aliphatic rings. The number of anilines is 1. The average Bonchev–Trinajstić information content (AvgIpc) is 2.45. The van der Waals surface area contributed by atoms with Crippen molar-refractivity contribution in [3.63, 3.8) is 0 Å². The zero-order valence-corrected chi connectivity index (χ0v) is 14.3. The Morgan fingerprint density at radius 1 is 1.29 bits per heavy atom. The number of benzene rings is 1. The molecule has 118 valence electrons. The highest BCUT2D eigenvalue weighted by atomic mass is 32.2. The Labute approximate surface area is 132 Å². The van der Waals surface area contributed by atoms with Gasteiger partial charge >= 0.3 is 0 Å². The van der Waals surface area contributed by atoms with Crippen molar-refractivity contribution < 1.29 is 8.42 Å². The fourth-order valence-electron chi connectivity index (χ4n) is 2.44. The summed E-state index contributed by atoms with van der Waals surface area (Å²) in [5.74, 6) is 0.